The highest BCUT2D eigenvalue weighted by atomic mass is 19.1. The van der Waals surface area contributed by atoms with Crippen molar-refractivity contribution >= 4 is 11.7 Å². The molecule has 0 unspecified atom stereocenters. The van der Waals surface area contributed by atoms with E-state index in [1.54, 1.807) is 74.0 Å². The summed E-state index contributed by atoms with van der Waals surface area (Å²) in [6.45, 7) is 0.0918. The average Bonchev–Trinajstić information content (AvgIpc) is 2.67. The van der Waals surface area contributed by atoms with Crippen LogP contribution in [0.15, 0.2) is 72.9 Å². The first kappa shape index (κ1) is 16.6. The number of nitrogens with zero attached hydrogens (tertiary/aromatic N) is 2. The SMILES string of the molecule is COc1ccc(C(=O)N(Cc2ccccc2F)c2ccccn2)cc1. The first-order valence-corrected chi connectivity index (χ1v) is 7.79. The number of rotatable bonds is 5. The van der Waals surface area contributed by atoms with Crippen LogP contribution in [-0.2, 0) is 6.54 Å². The summed E-state index contributed by atoms with van der Waals surface area (Å²) in [5.74, 6) is 0.511. The van der Waals surface area contributed by atoms with E-state index in [1.807, 2.05) is 0 Å². The lowest BCUT2D eigenvalue weighted by atomic mass is 10.1. The van der Waals surface area contributed by atoms with Crippen LogP contribution < -0.4 is 9.64 Å². The second kappa shape index (κ2) is 7.57. The molecule has 0 atom stereocenters. The molecule has 0 bridgehead atoms. The van der Waals surface area contributed by atoms with Gasteiger partial charge in [-0.1, -0.05) is 24.3 Å². The Balaban J connectivity index is 1.95. The number of pyridine rings is 1. The van der Waals surface area contributed by atoms with Crippen LogP contribution in [0.4, 0.5) is 10.2 Å². The molecule has 3 aromatic rings. The van der Waals surface area contributed by atoms with Crippen LogP contribution in [-0.4, -0.2) is 18.0 Å². The van der Waals surface area contributed by atoms with Crippen molar-refractivity contribution in [1.82, 2.24) is 4.98 Å². The Hall–Kier alpha value is -3.21. The van der Waals surface area contributed by atoms with Gasteiger partial charge in [-0.15, -0.1) is 0 Å². The summed E-state index contributed by atoms with van der Waals surface area (Å²) >= 11 is 0. The Bertz CT molecular complexity index is 851. The van der Waals surface area contributed by atoms with Gasteiger partial charge in [0, 0.05) is 17.3 Å². The number of benzene rings is 2. The van der Waals surface area contributed by atoms with Crippen LogP contribution in [0.3, 0.4) is 0 Å². The molecule has 0 aliphatic heterocycles. The summed E-state index contributed by atoms with van der Waals surface area (Å²) in [7, 11) is 1.56. The van der Waals surface area contributed by atoms with Crippen molar-refractivity contribution in [3.63, 3.8) is 0 Å². The maximum Gasteiger partial charge on any atom is 0.259 e. The predicted octanol–water partition coefficient (Wildman–Crippen LogP) is 4.08. The number of carbonyl (C=O) groups is 1. The zero-order chi connectivity index (χ0) is 17.6. The van der Waals surface area contributed by atoms with Crippen LogP contribution in [0.2, 0.25) is 0 Å². The lowest BCUT2D eigenvalue weighted by molar-refractivity contribution is 0.0984. The molecule has 0 saturated carbocycles. The number of carbonyl (C=O) groups excluding carboxylic acids is 1. The number of methoxy groups -OCH3 is 1. The number of hydrogen-bond donors (Lipinski definition) is 0. The van der Waals surface area contributed by atoms with E-state index >= 15 is 0 Å². The summed E-state index contributed by atoms with van der Waals surface area (Å²) in [5.41, 5.74) is 0.901. The number of aromatic nitrogens is 1. The van der Waals surface area contributed by atoms with E-state index in [0.717, 1.165) is 0 Å². The molecule has 3 rings (SSSR count). The molecular formula is C20H17FN2O2. The van der Waals surface area contributed by atoms with Gasteiger partial charge >= 0.3 is 0 Å². The number of halogens is 1. The molecular weight excluding hydrogens is 319 g/mol. The molecule has 0 aliphatic rings. The minimum Gasteiger partial charge on any atom is -0.497 e. The predicted molar refractivity (Wildman–Crippen MR) is 94.1 cm³/mol. The van der Waals surface area contributed by atoms with Gasteiger partial charge in [0.2, 0.25) is 0 Å². The van der Waals surface area contributed by atoms with Gasteiger partial charge in [-0.3, -0.25) is 9.69 Å². The largest absolute Gasteiger partial charge is 0.497 e. The molecule has 25 heavy (non-hydrogen) atoms. The third kappa shape index (κ3) is 3.83. The lowest BCUT2D eigenvalue weighted by Crippen LogP contribution is -2.31. The Morgan fingerprint density at radius 3 is 2.40 bits per heavy atom. The van der Waals surface area contributed by atoms with Crippen molar-refractivity contribution in [3.8, 4) is 5.75 Å². The van der Waals surface area contributed by atoms with Gasteiger partial charge in [0.15, 0.2) is 0 Å². The molecule has 1 aromatic heterocycles. The number of amides is 1. The third-order valence-electron chi connectivity index (χ3n) is 3.79. The van der Waals surface area contributed by atoms with E-state index in [2.05, 4.69) is 4.98 Å². The van der Waals surface area contributed by atoms with E-state index < -0.39 is 0 Å². The molecule has 1 amide bonds. The van der Waals surface area contributed by atoms with Crippen LogP contribution >= 0.6 is 0 Å². The Labute approximate surface area is 145 Å². The second-order valence-corrected chi connectivity index (χ2v) is 5.40. The van der Waals surface area contributed by atoms with Crippen molar-refractivity contribution in [3.05, 3.63) is 89.9 Å². The third-order valence-corrected chi connectivity index (χ3v) is 3.79. The fourth-order valence-corrected chi connectivity index (χ4v) is 2.46. The Morgan fingerprint density at radius 2 is 1.76 bits per heavy atom. The average molecular weight is 336 g/mol. The molecule has 0 fully saturated rings. The van der Waals surface area contributed by atoms with Crippen LogP contribution in [0, 0.1) is 5.82 Å². The molecule has 0 spiro atoms. The van der Waals surface area contributed by atoms with Crippen molar-refractivity contribution < 1.29 is 13.9 Å². The Morgan fingerprint density at radius 1 is 1.04 bits per heavy atom. The first-order chi connectivity index (χ1) is 12.2. The van der Waals surface area contributed by atoms with Crippen molar-refractivity contribution in [2.45, 2.75) is 6.54 Å². The highest BCUT2D eigenvalue weighted by molar-refractivity contribution is 6.05. The fourth-order valence-electron chi connectivity index (χ4n) is 2.46. The summed E-state index contributed by atoms with van der Waals surface area (Å²) < 4.78 is 19.2. The maximum absolute atomic E-state index is 14.1. The number of hydrogen-bond acceptors (Lipinski definition) is 3. The normalized spacial score (nSPS) is 10.3. The molecule has 0 radical (unpaired) electrons. The molecule has 5 heteroatoms. The summed E-state index contributed by atoms with van der Waals surface area (Å²) in [6.07, 6.45) is 1.60. The van der Waals surface area contributed by atoms with Gasteiger partial charge in [0.05, 0.1) is 13.7 Å². The molecule has 2 aromatic carbocycles. The minimum absolute atomic E-state index is 0.0918. The monoisotopic (exact) mass is 336 g/mol. The molecule has 0 saturated heterocycles. The van der Waals surface area contributed by atoms with E-state index in [4.69, 9.17) is 4.74 Å². The highest BCUT2D eigenvalue weighted by Crippen LogP contribution is 2.20. The van der Waals surface area contributed by atoms with Crippen molar-refractivity contribution in [2.75, 3.05) is 12.0 Å². The quantitative estimate of drug-likeness (QED) is 0.705. The second-order valence-electron chi connectivity index (χ2n) is 5.40. The highest BCUT2D eigenvalue weighted by Gasteiger charge is 2.20. The van der Waals surface area contributed by atoms with Crippen LogP contribution in [0.5, 0.6) is 5.75 Å². The standard InChI is InChI=1S/C20H17FN2O2/c1-25-17-11-9-15(10-12-17)20(24)23(19-8-4-5-13-22-19)14-16-6-2-3-7-18(16)21/h2-13H,14H2,1H3. The topological polar surface area (TPSA) is 42.4 Å². The number of anilines is 1. The van der Waals surface area contributed by atoms with E-state index in [1.165, 1.54) is 11.0 Å². The van der Waals surface area contributed by atoms with Gasteiger partial charge in [-0.2, -0.15) is 0 Å². The zero-order valence-corrected chi connectivity index (χ0v) is 13.7. The summed E-state index contributed by atoms with van der Waals surface area (Å²) in [5, 5.41) is 0. The minimum atomic E-state index is -0.356. The zero-order valence-electron chi connectivity index (χ0n) is 13.7. The molecule has 0 aliphatic carbocycles. The summed E-state index contributed by atoms with van der Waals surface area (Å²) in [4.78, 5) is 18.7. The Kier molecular flexibility index (Phi) is 5.04. The van der Waals surface area contributed by atoms with E-state index in [-0.39, 0.29) is 18.3 Å². The van der Waals surface area contributed by atoms with Crippen LogP contribution in [0.25, 0.3) is 0 Å². The van der Waals surface area contributed by atoms with Crippen LogP contribution in [0.1, 0.15) is 15.9 Å². The van der Waals surface area contributed by atoms with Gasteiger partial charge in [0.25, 0.3) is 5.91 Å². The van der Waals surface area contributed by atoms with Crippen molar-refractivity contribution in [2.24, 2.45) is 0 Å². The maximum atomic E-state index is 14.1. The van der Waals surface area contributed by atoms with Gasteiger partial charge in [0.1, 0.15) is 17.4 Å². The molecule has 1 heterocycles. The lowest BCUT2D eigenvalue weighted by Gasteiger charge is -2.22. The molecule has 126 valence electrons. The van der Waals surface area contributed by atoms with Gasteiger partial charge in [-0.05, 0) is 42.5 Å². The van der Waals surface area contributed by atoms with Crippen molar-refractivity contribution in [1.29, 1.82) is 0 Å². The molecule has 4 nitrogen and oxygen atoms in total. The van der Waals surface area contributed by atoms with E-state index in [9.17, 15) is 9.18 Å². The fraction of sp³-hybridized carbons (Fsp3) is 0.100. The molecule has 0 N–H and O–H groups in total. The first-order valence-electron chi connectivity index (χ1n) is 7.79. The van der Waals surface area contributed by atoms with E-state index in [0.29, 0.717) is 22.7 Å². The summed E-state index contributed by atoms with van der Waals surface area (Å²) in [6, 6.07) is 18.5. The smallest absolute Gasteiger partial charge is 0.259 e. The van der Waals surface area contributed by atoms with Gasteiger partial charge in [-0.25, -0.2) is 9.37 Å². The number of ether oxygens (including phenoxy) is 1. The van der Waals surface area contributed by atoms with Gasteiger partial charge < -0.3 is 4.74 Å².